The summed E-state index contributed by atoms with van der Waals surface area (Å²) in [7, 11) is -4.13. The Labute approximate surface area is 109 Å². The molecule has 1 aliphatic carbocycles. The van der Waals surface area contributed by atoms with Crippen LogP contribution in [-0.4, -0.2) is 31.0 Å². The number of rotatable bonds is 5. The maximum atomic E-state index is 13.4. The first-order chi connectivity index (χ1) is 8.87. The Morgan fingerprint density at radius 2 is 2.21 bits per heavy atom. The third kappa shape index (κ3) is 2.59. The van der Waals surface area contributed by atoms with Crippen LogP contribution in [0.5, 0.6) is 0 Å². The zero-order valence-electron chi connectivity index (χ0n) is 9.97. The van der Waals surface area contributed by atoms with E-state index in [1.54, 1.807) is 0 Å². The zero-order chi connectivity index (χ0) is 14.1. The van der Waals surface area contributed by atoms with E-state index in [2.05, 4.69) is 9.71 Å². The number of nitrogens with zero attached hydrogens (tertiary/aromatic N) is 1. The Bertz CT molecular complexity index is 598. The Morgan fingerprint density at radius 3 is 2.68 bits per heavy atom. The molecule has 0 aliphatic heterocycles. The van der Waals surface area contributed by atoms with Crippen LogP contribution in [0.15, 0.2) is 23.4 Å². The number of hydrogen-bond donors (Lipinski definition) is 2. The van der Waals surface area contributed by atoms with Gasteiger partial charge in [-0.15, -0.1) is 0 Å². The van der Waals surface area contributed by atoms with Gasteiger partial charge in [0.05, 0.1) is 5.41 Å². The molecular formula is C11H13FN2O4S. The summed E-state index contributed by atoms with van der Waals surface area (Å²) < 4.78 is 39.2. The lowest BCUT2D eigenvalue weighted by Gasteiger charge is -2.37. The van der Waals surface area contributed by atoms with Gasteiger partial charge in [-0.2, -0.15) is 0 Å². The summed E-state index contributed by atoms with van der Waals surface area (Å²) in [6.45, 7) is -0.249. The van der Waals surface area contributed by atoms with Gasteiger partial charge in [-0.05, 0) is 25.0 Å². The summed E-state index contributed by atoms with van der Waals surface area (Å²) in [5.41, 5.74) is -1.07. The predicted octanol–water partition coefficient (Wildman–Crippen LogP) is 0.754. The molecule has 0 aromatic carbocycles. The molecule has 19 heavy (non-hydrogen) atoms. The molecule has 1 aromatic rings. The molecule has 1 aliphatic rings. The zero-order valence-corrected chi connectivity index (χ0v) is 10.8. The molecule has 2 N–H and O–H groups in total. The summed E-state index contributed by atoms with van der Waals surface area (Å²) in [5, 5.41) is 8.37. The lowest BCUT2D eigenvalue weighted by atomic mass is 9.69. The van der Waals surface area contributed by atoms with E-state index in [9.17, 15) is 17.6 Å². The summed E-state index contributed by atoms with van der Waals surface area (Å²) in [6, 6.07) is 2.26. The van der Waals surface area contributed by atoms with Gasteiger partial charge in [0, 0.05) is 12.7 Å². The molecule has 0 radical (unpaired) electrons. The molecule has 0 unspecified atom stereocenters. The Hall–Kier alpha value is -1.54. The van der Waals surface area contributed by atoms with E-state index in [0.717, 1.165) is 18.7 Å². The number of carbonyl (C=O) groups is 1. The molecule has 6 nitrogen and oxygen atoms in total. The SMILES string of the molecule is O=C(O)C1(CNS(=O)(=O)c2ncccc2F)CCC1. The average Bonchev–Trinajstić information content (AvgIpc) is 2.27. The maximum Gasteiger partial charge on any atom is 0.310 e. The van der Waals surface area contributed by atoms with Crippen molar-refractivity contribution in [2.75, 3.05) is 6.54 Å². The van der Waals surface area contributed by atoms with E-state index in [1.165, 1.54) is 6.07 Å². The van der Waals surface area contributed by atoms with Crippen molar-refractivity contribution < 1.29 is 22.7 Å². The number of aliphatic carboxylic acids is 1. The van der Waals surface area contributed by atoms with Gasteiger partial charge in [-0.25, -0.2) is 22.5 Å². The van der Waals surface area contributed by atoms with Crippen LogP contribution < -0.4 is 4.72 Å². The molecule has 0 atom stereocenters. The van der Waals surface area contributed by atoms with Gasteiger partial charge in [-0.1, -0.05) is 6.42 Å². The second-order valence-electron chi connectivity index (χ2n) is 4.55. The van der Waals surface area contributed by atoms with Gasteiger partial charge >= 0.3 is 5.97 Å². The number of carboxylic acid groups (broad SMARTS) is 1. The predicted molar refractivity (Wildman–Crippen MR) is 63.3 cm³/mol. The largest absolute Gasteiger partial charge is 0.481 e. The number of hydrogen-bond acceptors (Lipinski definition) is 4. The highest BCUT2D eigenvalue weighted by Gasteiger charge is 2.45. The molecule has 0 bridgehead atoms. The van der Waals surface area contributed by atoms with Crippen molar-refractivity contribution in [2.24, 2.45) is 5.41 Å². The number of nitrogens with one attached hydrogen (secondary N) is 1. The number of carboxylic acids is 1. The Balaban J connectivity index is 2.15. The lowest BCUT2D eigenvalue weighted by molar-refractivity contribution is -0.153. The maximum absolute atomic E-state index is 13.4. The number of pyridine rings is 1. The van der Waals surface area contributed by atoms with Gasteiger partial charge in [-0.3, -0.25) is 4.79 Å². The van der Waals surface area contributed by atoms with Gasteiger partial charge < -0.3 is 5.11 Å². The minimum Gasteiger partial charge on any atom is -0.481 e. The highest BCUT2D eigenvalue weighted by Crippen LogP contribution is 2.40. The van der Waals surface area contributed by atoms with Crippen LogP contribution in [0.3, 0.4) is 0 Å². The normalized spacial score (nSPS) is 17.7. The van der Waals surface area contributed by atoms with E-state index >= 15 is 0 Å². The van der Waals surface area contributed by atoms with Crippen molar-refractivity contribution in [3.8, 4) is 0 Å². The summed E-state index contributed by atoms with van der Waals surface area (Å²) in [5.74, 6) is -2.00. The van der Waals surface area contributed by atoms with Crippen molar-refractivity contribution >= 4 is 16.0 Å². The van der Waals surface area contributed by atoms with Crippen molar-refractivity contribution in [3.05, 3.63) is 24.1 Å². The average molecular weight is 288 g/mol. The first kappa shape index (κ1) is 13.9. The minimum absolute atomic E-state index is 0.249. The van der Waals surface area contributed by atoms with E-state index < -0.39 is 32.3 Å². The van der Waals surface area contributed by atoms with E-state index in [4.69, 9.17) is 5.11 Å². The Morgan fingerprint density at radius 1 is 1.53 bits per heavy atom. The summed E-state index contributed by atoms with van der Waals surface area (Å²) in [4.78, 5) is 14.6. The number of sulfonamides is 1. The van der Waals surface area contributed by atoms with Crippen molar-refractivity contribution in [1.29, 1.82) is 0 Å². The molecule has 104 valence electrons. The smallest absolute Gasteiger partial charge is 0.310 e. The fourth-order valence-electron chi connectivity index (χ4n) is 1.94. The molecule has 2 rings (SSSR count). The second-order valence-corrected chi connectivity index (χ2v) is 6.24. The van der Waals surface area contributed by atoms with E-state index in [1.807, 2.05) is 0 Å². The molecule has 0 saturated heterocycles. The fraction of sp³-hybridized carbons (Fsp3) is 0.455. The van der Waals surface area contributed by atoms with Crippen molar-refractivity contribution in [3.63, 3.8) is 0 Å². The van der Waals surface area contributed by atoms with Crippen LogP contribution in [-0.2, 0) is 14.8 Å². The fourth-order valence-corrected chi connectivity index (χ4v) is 3.07. The quantitative estimate of drug-likeness (QED) is 0.833. The van der Waals surface area contributed by atoms with E-state index in [0.29, 0.717) is 12.8 Å². The van der Waals surface area contributed by atoms with Crippen LogP contribution in [0.1, 0.15) is 19.3 Å². The first-order valence-electron chi connectivity index (χ1n) is 5.71. The van der Waals surface area contributed by atoms with Crippen molar-refractivity contribution in [2.45, 2.75) is 24.3 Å². The molecule has 1 heterocycles. The van der Waals surface area contributed by atoms with Crippen LogP contribution >= 0.6 is 0 Å². The third-order valence-electron chi connectivity index (χ3n) is 3.34. The molecule has 1 fully saturated rings. The van der Waals surface area contributed by atoms with E-state index in [-0.39, 0.29) is 6.54 Å². The molecule has 0 amide bonds. The van der Waals surface area contributed by atoms with Gasteiger partial charge in [0.1, 0.15) is 0 Å². The lowest BCUT2D eigenvalue weighted by Crippen LogP contribution is -2.47. The van der Waals surface area contributed by atoms with Gasteiger partial charge in [0.15, 0.2) is 5.82 Å². The monoisotopic (exact) mass is 288 g/mol. The van der Waals surface area contributed by atoms with Gasteiger partial charge in [0.2, 0.25) is 5.03 Å². The van der Waals surface area contributed by atoms with Crippen molar-refractivity contribution in [1.82, 2.24) is 9.71 Å². The van der Waals surface area contributed by atoms with Crippen LogP contribution in [0.2, 0.25) is 0 Å². The topological polar surface area (TPSA) is 96.4 Å². The standard InChI is InChI=1S/C11H13FN2O4S/c12-8-3-1-6-13-9(8)19(17,18)14-7-11(10(15)16)4-2-5-11/h1,3,6,14H,2,4-5,7H2,(H,15,16). The van der Waals surface area contributed by atoms with Crippen LogP contribution in [0.25, 0.3) is 0 Å². The molecule has 1 saturated carbocycles. The van der Waals surface area contributed by atoms with Crippen LogP contribution in [0, 0.1) is 11.2 Å². The number of aromatic nitrogens is 1. The van der Waals surface area contributed by atoms with Gasteiger partial charge in [0.25, 0.3) is 10.0 Å². The first-order valence-corrected chi connectivity index (χ1v) is 7.19. The highest BCUT2D eigenvalue weighted by molar-refractivity contribution is 7.89. The molecular weight excluding hydrogens is 275 g/mol. The van der Waals surface area contributed by atoms with Crippen LogP contribution in [0.4, 0.5) is 4.39 Å². The third-order valence-corrected chi connectivity index (χ3v) is 4.68. The molecule has 0 spiro atoms. The minimum atomic E-state index is -4.13. The second kappa shape index (κ2) is 4.86. The Kier molecular flexibility index (Phi) is 3.55. The number of halogens is 1. The highest BCUT2D eigenvalue weighted by atomic mass is 32.2. The summed E-state index contributed by atoms with van der Waals surface area (Å²) in [6.07, 6.45) is 2.73. The molecule has 1 aromatic heterocycles. The molecule has 8 heteroatoms. The summed E-state index contributed by atoms with van der Waals surface area (Å²) >= 11 is 0.